The third kappa shape index (κ3) is 3.04. The van der Waals surface area contributed by atoms with E-state index in [9.17, 15) is 0 Å². The van der Waals surface area contributed by atoms with Crippen LogP contribution in [0.1, 0.15) is 11.1 Å². The molecule has 4 rings (SSSR count). The minimum atomic E-state index is -0.560. The summed E-state index contributed by atoms with van der Waals surface area (Å²) in [5.41, 5.74) is 2.28. The van der Waals surface area contributed by atoms with Gasteiger partial charge in [-0.1, -0.05) is 48.0 Å². The van der Waals surface area contributed by atoms with Gasteiger partial charge in [0.2, 0.25) is 5.95 Å². The minimum absolute atomic E-state index is 0.514. The monoisotopic (exact) mass is 346 g/mol. The van der Waals surface area contributed by atoms with Gasteiger partial charge in [0.1, 0.15) is 5.54 Å². The van der Waals surface area contributed by atoms with Crippen LogP contribution in [0.5, 0.6) is 0 Å². The van der Waals surface area contributed by atoms with Gasteiger partial charge in [0.15, 0.2) is 0 Å². The van der Waals surface area contributed by atoms with E-state index >= 15 is 0 Å². The second kappa shape index (κ2) is 6.49. The fraction of sp³-hybridized carbons (Fsp3) is 0.0500. The lowest BCUT2D eigenvalue weighted by Crippen LogP contribution is -2.21. The van der Waals surface area contributed by atoms with Crippen LogP contribution in [0.3, 0.4) is 0 Å². The van der Waals surface area contributed by atoms with Crippen LogP contribution in [0.2, 0.25) is 5.02 Å². The Labute approximate surface area is 150 Å². The number of allylic oxidation sites excluding steroid dienone is 1. The molecule has 0 saturated heterocycles. The third-order valence-electron chi connectivity index (χ3n) is 4.09. The van der Waals surface area contributed by atoms with Gasteiger partial charge in [-0.2, -0.15) is 0 Å². The van der Waals surface area contributed by atoms with E-state index in [0.717, 1.165) is 16.8 Å². The van der Waals surface area contributed by atoms with Crippen LogP contribution in [-0.4, -0.2) is 16.2 Å². The summed E-state index contributed by atoms with van der Waals surface area (Å²) >= 11 is 6.00. The normalized spacial score (nSPS) is 18.4. The molecule has 3 aromatic rings. The van der Waals surface area contributed by atoms with Gasteiger partial charge in [-0.05, 0) is 35.9 Å². The molecular weight excluding hydrogens is 332 g/mol. The number of nitrogens with zero attached hydrogens (tertiary/aromatic N) is 3. The number of rotatable bonds is 4. The number of benzene rings is 2. The molecule has 2 aromatic carbocycles. The Kier molecular flexibility index (Phi) is 4.04. The summed E-state index contributed by atoms with van der Waals surface area (Å²) < 4.78 is 0. The summed E-state index contributed by atoms with van der Waals surface area (Å²) in [6, 6.07) is 17.6. The molecule has 0 bridgehead atoms. The summed E-state index contributed by atoms with van der Waals surface area (Å²) in [7, 11) is 0. The van der Waals surface area contributed by atoms with Crippen molar-refractivity contribution in [3.63, 3.8) is 0 Å². The van der Waals surface area contributed by atoms with Crippen molar-refractivity contribution in [3.8, 4) is 0 Å². The number of halogens is 1. The quantitative estimate of drug-likeness (QED) is 0.741. The van der Waals surface area contributed by atoms with Crippen LogP contribution in [0.15, 0.2) is 84.1 Å². The summed E-state index contributed by atoms with van der Waals surface area (Å²) in [6.45, 7) is 0. The molecule has 0 spiro atoms. The van der Waals surface area contributed by atoms with Crippen LogP contribution >= 0.6 is 11.6 Å². The largest absolute Gasteiger partial charge is 0.324 e. The maximum Gasteiger partial charge on any atom is 0.227 e. The lowest BCUT2D eigenvalue weighted by atomic mass is 9.85. The molecule has 1 aliphatic heterocycles. The van der Waals surface area contributed by atoms with Crippen LogP contribution in [0.25, 0.3) is 0 Å². The summed E-state index contributed by atoms with van der Waals surface area (Å²) in [5, 5.41) is 3.81. The molecule has 1 unspecified atom stereocenters. The number of nitrogens with one attached hydrogen (secondary N) is 1. The van der Waals surface area contributed by atoms with Crippen molar-refractivity contribution in [2.75, 3.05) is 5.32 Å². The van der Waals surface area contributed by atoms with Crippen LogP contribution in [-0.2, 0) is 5.54 Å². The van der Waals surface area contributed by atoms with E-state index < -0.39 is 5.54 Å². The maximum atomic E-state index is 6.00. The predicted octanol–water partition coefficient (Wildman–Crippen LogP) is 4.76. The fourth-order valence-electron chi connectivity index (χ4n) is 2.87. The second-order valence-electron chi connectivity index (χ2n) is 5.70. The first-order chi connectivity index (χ1) is 12.3. The molecule has 122 valence electrons. The highest BCUT2D eigenvalue weighted by atomic mass is 35.5. The molecule has 1 atom stereocenters. The molecule has 2 heterocycles. The Morgan fingerprint density at radius 1 is 0.880 bits per heavy atom. The van der Waals surface area contributed by atoms with Gasteiger partial charge < -0.3 is 5.32 Å². The summed E-state index contributed by atoms with van der Waals surface area (Å²) in [5.74, 6) is 0.514. The van der Waals surface area contributed by atoms with Crippen LogP contribution in [0.4, 0.5) is 11.6 Å². The molecular formula is C20H15ClN4. The molecule has 0 amide bonds. The zero-order chi connectivity index (χ0) is 17.1. The predicted molar refractivity (Wildman–Crippen MR) is 102 cm³/mol. The van der Waals surface area contributed by atoms with Gasteiger partial charge in [0, 0.05) is 34.9 Å². The lowest BCUT2D eigenvalue weighted by molar-refractivity contribution is 0.691. The Morgan fingerprint density at radius 2 is 1.68 bits per heavy atom. The maximum absolute atomic E-state index is 6.00. The molecule has 0 fully saturated rings. The minimum Gasteiger partial charge on any atom is -0.324 e. The highest BCUT2D eigenvalue weighted by Crippen LogP contribution is 2.36. The van der Waals surface area contributed by atoms with Crippen molar-refractivity contribution in [3.05, 3.63) is 95.3 Å². The van der Waals surface area contributed by atoms with Crippen molar-refractivity contribution >= 4 is 29.5 Å². The number of aliphatic imine (C=N–C) groups is 1. The molecule has 25 heavy (non-hydrogen) atoms. The first-order valence-electron chi connectivity index (χ1n) is 7.90. The summed E-state index contributed by atoms with van der Waals surface area (Å²) in [4.78, 5) is 13.6. The number of anilines is 2. The molecule has 1 N–H and O–H groups in total. The van der Waals surface area contributed by atoms with E-state index in [1.807, 2.05) is 54.8 Å². The summed E-state index contributed by atoms with van der Waals surface area (Å²) in [6.07, 6.45) is 9.43. The first-order valence-corrected chi connectivity index (χ1v) is 8.28. The molecule has 5 heteroatoms. The van der Waals surface area contributed by atoms with Gasteiger partial charge in [-0.25, -0.2) is 9.97 Å². The van der Waals surface area contributed by atoms with Crippen molar-refractivity contribution in [2.24, 2.45) is 4.99 Å². The van der Waals surface area contributed by atoms with E-state index in [-0.39, 0.29) is 0 Å². The van der Waals surface area contributed by atoms with E-state index in [1.165, 1.54) is 0 Å². The van der Waals surface area contributed by atoms with Crippen molar-refractivity contribution in [1.82, 2.24) is 9.97 Å². The standard InChI is InChI=1S/C20H15ClN4/c21-17-8-4-9-18(12-17)25-19-22-13-16(14-23-19)20(10-5-11-24-20)15-6-2-1-3-7-15/h1-14H,(H,22,23,25). The molecule has 0 radical (unpaired) electrons. The molecule has 0 aliphatic carbocycles. The van der Waals surface area contributed by atoms with Gasteiger partial charge in [0.05, 0.1) is 0 Å². The number of aromatic nitrogens is 2. The van der Waals surface area contributed by atoms with Gasteiger partial charge in [-0.15, -0.1) is 0 Å². The Balaban J connectivity index is 1.65. The van der Waals surface area contributed by atoms with Crippen LogP contribution < -0.4 is 5.32 Å². The van der Waals surface area contributed by atoms with E-state index in [4.69, 9.17) is 11.6 Å². The van der Waals surface area contributed by atoms with E-state index in [1.54, 1.807) is 12.4 Å². The highest BCUT2D eigenvalue weighted by molar-refractivity contribution is 6.30. The van der Waals surface area contributed by atoms with Crippen molar-refractivity contribution in [1.29, 1.82) is 0 Å². The zero-order valence-corrected chi connectivity index (χ0v) is 14.1. The number of hydrogen-bond acceptors (Lipinski definition) is 4. The molecule has 1 aliphatic rings. The molecule has 1 aromatic heterocycles. The zero-order valence-electron chi connectivity index (χ0n) is 13.3. The number of hydrogen-bond donors (Lipinski definition) is 1. The average molecular weight is 347 g/mol. The second-order valence-corrected chi connectivity index (χ2v) is 6.14. The Bertz CT molecular complexity index is 921. The fourth-order valence-corrected chi connectivity index (χ4v) is 3.06. The van der Waals surface area contributed by atoms with Gasteiger partial charge in [0.25, 0.3) is 0 Å². The third-order valence-corrected chi connectivity index (χ3v) is 4.32. The van der Waals surface area contributed by atoms with Gasteiger partial charge in [-0.3, -0.25) is 4.99 Å². The Morgan fingerprint density at radius 3 is 2.36 bits per heavy atom. The average Bonchev–Trinajstić information content (AvgIpc) is 3.14. The topological polar surface area (TPSA) is 50.2 Å². The molecule has 4 nitrogen and oxygen atoms in total. The van der Waals surface area contributed by atoms with Crippen molar-refractivity contribution < 1.29 is 0 Å². The Hall–Kier alpha value is -2.98. The van der Waals surface area contributed by atoms with Crippen molar-refractivity contribution in [2.45, 2.75) is 5.54 Å². The van der Waals surface area contributed by atoms with Crippen LogP contribution in [0, 0.1) is 0 Å². The first kappa shape index (κ1) is 15.5. The molecule has 0 saturated carbocycles. The SMILES string of the molecule is Clc1cccc(Nc2ncc(C3(c4ccccc4)C=CC=N3)cn2)c1. The van der Waals surface area contributed by atoms with E-state index in [0.29, 0.717) is 11.0 Å². The van der Waals surface area contributed by atoms with Gasteiger partial charge >= 0.3 is 0 Å². The van der Waals surface area contributed by atoms with E-state index in [2.05, 4.69) is 38.5 Å². The smallest absolute Gasteiger partial charge is 0.227 e. The highest BCUT2D eigenvalue weighted by Gasteiger charge is 2.33. The lowest BCUT2D eigenvalue weighted by Gasteiger charge is -2.24.